The Labute approximate surface area is 148 Å². The number of aliphatic carboxylic acids is 1. The van der Waals surface area contributed by atoms with Crippen molar-refractivity contribution in [3.05, 3.63) is 58.7 Å². The minimum Gasteiger partial charge on any atom is -0.493 e. The molecule has 1 N–H and O–H groups in total. The maximum absolute atomic E-state index is 11.9. The number of benzene rings is 2. The average Bonchev–Trinajstić information content (AvgIpc) is 2.60. The van der Waals surface area contributed by atoms with E-state index in [2.05, 4.69) is 0 Å². The first-order valence-electron chi connectivity index (χ1n) is 8.30. The molecule has 4 nitrogen and oxygen atoms in total. The third-order valence-electron chi connectivity index (χ3n) is 3.89. The first-order chi connectivity index (χ1) is 12.0. The Hall–Kier alpha value is -2.75. The number of carboxylic acids is 1. The number of hydrogen-bond donors (Lipinski definition) is 1. The van der Waals surface area contributed by atoms with Gasteiger partial charge in [-0.3, -0.25) is 0 Å². The van der Waals surface area contributed by atoms with Gasteiger partial charge in [-0.2, -0.15) is 0 Å². The molecule has 0 fully saturated rings. The molecule has 132 valence electrons. The average molecular weight is 340 g/mol. The van der Waals surface area contributed by atoms with Crippen LogP contribution in [0.2, 0.25) is 0 Å². The van der Waals surface area contributed by atoms with Gasteiger partial charge in [-0.05, 0) is 43.5 Å². The van der Waals surface area contributed by atoms with E-state index in [-0.39, 0.29) is 5.57 Å². The molecule has 0 spiro atoms. The van der Waals surface area contributed by atoms with Crippen molar-refractivity contribution in [1.29, 1.82) is 0 Å². The van der Waals surface area contributed by atoms with Gasteiger partial charge in [0, 0.05) is 5.56 Å². The lowest BCUT2D eigenvalue weighted by atomic mass is 9.96. The minimum atomic E-state index is -0.974. The Balaban J connectivity index is 2.61. The van der Waals surface area contributed by atoms with Crippen LogP contribution in [0.15, 0.2) is 36.4 Å². The van der Waals surface area contributed by atoms with Crippen LogP contribution in [0.25, 0.3) is 11.6 Å². The second kappa shape index (κ2) is 8.38. The standard InChI is InChI=1S/C21H24O4/c1-5-11-25-20-16(7-6-8-19(20)24-4)13-18(21(22)23)17-12-14(2)9-10-15(17)3/h6-10,12-13H,5,11H2,1-4H3,(H,22,23)/b18-13-. The highest BCUT2D eigenvalue weighted by Crippen LogP contribution is 2.34. The van der Waals surface area contributed by atoms with Crippen molar-refractivity contribution in [2.75, 3.05) is 13.7 Å². The van der Waals surface area contributed by atoms with Crippen LogP contribution in [0.4, 0.5) is 0 Å². The summed E-state index contributed by atoms with van der Waals surface area (Å²) in [6, 6.07) is 11.3. The molecule has 0 bridgehead atoms. The first kappa shape index (κ1) is 18.6. The molecule has 2 rings (SSSR count). The number of carbonyl (C=O) groups is 1. The summed E-state index contributed by atoms with van der Waals surface area (Å²) in [5, 5.41) is 9.76. The predicted molar refractivity (Wildman–Crippen MR) is 100 cm³/mol. The predicted octanol–water partition coefficient (Wildman–Crippen LogP) is 4.73. The first-order valence-corrected chi connectivity index (χ1v) is 8.30. The molecule has 4 heteroatoms. The van der Waals surface area contributed by atoms with Crippen molar-refractivity contribution >= 4 is 17.6 Å². The van der Waals surface area contributed by atoms with E-state index in [1.165, 1.54) is 0 Å². The molecule has 0 aromatic heterocycles. The molecule has 0 aliphatic rings. The maximum atomic E-state index is 11.9. The molecule has 2 aromatic rings. The minimum absolute atomic E-state index is 0.232. The van der Waals surface area contributed by atoms with Crippen molar-refractivity contribution in [3.63, 3.8) is 0 Å². The molecule has 0 saturated carbocycles. The third-order valence-corrected chi connectivity index (χ3v) is 3.89. The smallest absolute Gasteiger partial charge is 0.336 e. The van der Waals surface area contributed by atoms with E-state index in [1.54, 1.807) is 19.3 Å². The van der Waals surface area contributed by atoms with Crippen LogP contribution >= 0.6 is 0 Å². The largest absolute Gasteiger partial charge is 0.493 e. The fraction of sp³-hybridized carbons (Fsp3) is 0.286. The van der Waals surface area contributed by atoms with Crippen LogP contribution in [0.3, 0.4) is 0 Å². The highest BCUT2D eigenvalue weighted by Gasteiger charge is 2.16. The van der Waals surface area contributed by atoms with Gasteiger partial charge in [0.15, 0.2) is 11.5 Å². The van der Waals surface area contributed by atoms with Crippen LogP contribution in [-0.4, -0.2) is 24.8 Å². The Morgan fingerprint density at radius 1 is 1.20 bits per heavy atom. The molecular weight excluding hydrogens is 316 g/mol. The zero-order valence-corrected chi connectivity index (χ0v) is 15.1. The SMILES string of the molecule is CCCOc1c(/C=C(\C(=O)O)c2cc(C)ccc2C)cccc1OC. The van der Waals surface area contributed by atoms with E-state index >= 15 is 0 Å². The molecule has 0 heterocycles. The molecular formula is C21H24O4. The summed E-state index contributed by atoms with van der Waals surface area (Å²) in [5.74, 6) is 0.182. The van der Waals surface area contributed by atoms with Gasteiger partial charge in [0.05, 0.1) is 19.3 Å². The molecule has 2 aromatic carbocycles. The molecule has 0 unspecified atom stereocenters. The molecule has 0 radical (unpaired) electrons. The van der Waals surface area contributed by atoms with E-state index in [9.17, 15) is 9.90 Å². The van der Waals surface area contributed by atoms with Crippen molar-refractivity contribution in [1.82, 2.24) is 0 Å². The van der Waals surface area contributed by atoms with E-state index in [4.69, 9.17) is 9.47 Å². The topological polar surface area (TPSA) is 55.8 Å². The summed E-state index contributed by atoms with van der Waals surface area (Å²) in [7, 11) is 1.57. The number of hydrogen-bond acceptors (Lipinski definition) is 3. The molecule has 0 aliphatic heterocycles. The zero-order valence-electron chi connectivity index (χ0n) is 15.1. The fourth-order valence-corrected chi connectivity index (χ4v) is 2.60. The van der Waals surface area contributed by atoms with Gasteiger partial charge >= 0.3 is 5.97 Å². The molecule has 0 saturated heterocycles. The highest BCUT2D eigenvalue weighted by molar-refractivity contribution is 6.21. The lowest BCUT2D eigenvalue weighted by molar-refractivity contribution is -0.130. The quantitative estimate of drug-likeness (QED) is 0.585. The van der Waals surface area contributed by atoms with E-state index in [0.717, 1.165) is 17.5 Å². The number of para-hydroxylation sites is 1. The molecule has 0 aliphatic carbocycles. The summed E-state index contributed by atoms with van der Waals surface area (Å²) < 4.78 is 11.2. The normalized spacial score (nSPS) is 11.3. The van der Waals surface area contributed by atoms with Gasteiger partial charge in [0.25, 0.3) is 0 Å². The lowest BCUT2D eigenvalue weighted by Gasteiger charge is -2.14. The van der Waals surface area contributed by atoms with Crippen molar-refractivity contribution in [2.45, 2.75) is 27.2 Å². The summed E-state index contributed by atoms with van der Waals surface area (Å²) in [6.45, 7) is 6.41. The van der Waals surface area contributed by atoms with E-state index in [1.807, 2.05) is 51.1 Å². The summed E-state index contributed by atoms with van der Waals surface area (Å²) in [5.41, 5.74) is 3.55. The van der Waals surface area contributed by atoms with Crippen LogP contribution in [0.5, 0.6) is 11.5 Å². The monoisotopic (exact) mass is 340 g/mol. The number of carboxylic acid groups (broad SMARTS) is 1. The third kappa shape index (κ3) is 4.41. The Bertz CT molecular complexity index is 790. The number of rotatable bonds is 7. The van der Waals surface area contributed by atoms with Gasteiger partial charge in [-0.25, -0.2) is 4.79 Å². The van der Waals surface area contributed by atoms with Crippen LogP contribution < -0.4 is 9.47 Å². The van der Waals surface area contributed by atoms with Gasteiger partial charge < -0.3 is 14.6 Å². The zero-order chi connectivity index (χ0) is 18.4. The van der Waals surface area contributed by atoms with E-state index < -0.39 is 5.97 Å². The Kier molecular flexibility index (Phi) is 6.23. The van der Waals surface area contributed by atoms with Crippen LogP contribution in [0, 0.1) is 13.8 Å². The Morgan fingerprint density at radius 3 is 2.60 bits per heavy atom. The van der Waals surface area contributed by atoms with Crippen molar-refractivity contribution < 1.29 is 19.4 Å². The number of aryl methyl sites for hydroxylation is 2. The van der Waals surface area contributed by atoms with Crippen molar-refractivity contribution in [2.24, 2.45) is 0 Å². The summed E-state index contributed by atoms with van der Waals surface area (Å²) >= 11 is 0. The second-order valence-electron chi connectivity index (χ2n) is 5.91. The van der Waals surface area contributed by atoms with Gasteiger partial charge in [0.2, 0.25) is 0 Å². The number of methoxy groups -OCH3 is 1. The van der Waals surface area contributed by atoms with Crippen LogP contribution in [0.1, 0.15) is 35.6 Å². The second-order valence-corrected chi connectivity index (χ2v) is 5.91. The summed E-state index contributed by atoms with van der Waals surface area (Å²) in [4.78, 5) is 11.9. The van der Waals surface area contributed by atoms with Gasteiger partial charge in [-0.15, -0.1) is 0 Å². The van der Waals surface area contributed by atoms with Crippen molar-refractivity contribution in [3.8, 4) is 11.5 Å². The van der Waals surface area contributed by atoms with Crippen LogP contribution in [-0.2, 0) is 4.79 Å². The van der Waals surface area contributed by atoms with Gasteiger partial charge in [-0.1, -0.05) is 42.8 Å². The van der Waals surface area contributed by atoms with Gasteiger partial charge in [0.1, 0.15) is 0 Å². The number of ether oxygens (including phenoxy) is 2. The van der Waals surface area contributed by atoms with E-state index in [0.29, 0.717) is 29.2 Å². The maximum Gasteiger partial charge on any atom is 0.336 e. The lowest BCUT2D eigenvalue weighted by Crippen LogP contribution is -2.04. The Morgan fingerprint density at radius 2 is 1.96 bits per heavy atom. The highest BCUT2D eigenvalue weighted by atomic mass is 16.5. The molecule has 0 amide bonds. The fourth-order valence-electron chi connectivity index (χ4n) is 2.60. The summed E-state index contributed by atoms with van der Waals surface area (Å²) in [6.07, 6.45) is 2.50. The molecule has 0 atom stereocenters. The molecule has 25 heavy (non-hydrogen) atoms.